The molecular weight excluding hydrogens is 319 g/mol. The van der Waals surface area contributed by atoms with Gasteiger partial charge in [-0.15, -0.1) is 5.10 Å². The first-order chi connectivity index (χ1) is 10.3. The first kappa shape index (κ1) is 16.3. The molecule has 5 nitrogen and oxygen atoms in total. The predicted octanol–water partition coefficient (Wildman–Crippen LogP) is 4.11. The highest BCUT2D eigenvalue weighted by molar-refractivity contribution is 6.31. The van der Waals surface area contributed by atoms with Gasteiger partial charge in [-0.05, 0) is 32.0 Å². The van der Waals surface area contributed by atoms with E-state index in [0.717, 1.165) is 12.1 Å². The van der Waals surface area contributed by atoms with Crippen LogP contribution in [0.2, 0.25) is 5.02 Å². The average molecular weight is 332 g/mol. The molecule has 0 atom stereocenters. The van der Waals surface area contributed by atoms with Gasteiger partial charge in [0.25, 0.3) is 0 Å². The van der Waals surface area contributed by atoms with E-state index in [-0.39, 0.29) is 22.7 Å². The van der Waals surface area contributed by atoms with Gasteiger partial charge < -0.3 is 10.6 Å². The fourth-order valence-electron chi connectivity index (χ4n) is 1.67. The Morgan fingerprint density at radius 3 is 2.59 bits per heavy atom. The maximum absolute atomic E-state index is 12.8. The lowest BCUT2D eigenvalue weighted by molar-refractivity contribution is -0.137. The molecule has 0 aliphatic rings. The molecule has 0 aliphatic heterocycles. The summed E-state index contributed by atoms with van der Waals surface area (Å²) in [6.07, 6.45) is -3.11. The highest BCUT2D eigenvalue weighted by atomic mass is 35.5. The zero-order valence-electron chi connectivity index (χ0n) is 11.7. The Hall–Kier alpha value is -2.09. The molecule has 0 unspecified atom stereocenters. The van der Waals surface area contributed by atoms with Crippen molar-refractivity contribution in [3.8, 4) is 0 Å². The molecule has 1 heterocycles. The quantitative estimate of drug-likeness (QED) is 0.883. The van der Waals surface area contributed by atoms with Crippen LogP contribution in [-0.2, 0) is 6.18 Å². The van der Waals surface area contributed by atoms with Crippen molar-refractivity contribution >= 4 is 29.1 Å². The van der Waals surface area contributed by atoms with Crippen LogP contribution >= 0.6 is 11.6 Å². The number of anilines is 3. The number of rotatable bonds is 4. The second-order valence-electron chi connectivity index (χ2n) is 4.78. The van der Waals surface area contributed by atoms with Crippen molar-refractivity contribution in [3.63, 3.8) is 0 Å². The summed E-state index contributed by atoms with van der Waals surface area (Å²) in [4.78, 5) is 4.11. The molecule has 2 N–H and O–H groups in total. The fraction of sp³-hybridized carbons (Fsp3) is 0.308. The van der Waals surface area contributed by atoms with Gasteiger partial charge in [-0.1, -0.05) is 11.6 Å². The first-order valence-electron chi connectivity index (χ1n) is 6.36. The van der Waals surface area contributed by atoms with Crippen LogP contribution < -0.4 is 10.6 Å². The summed E-state index contributed by atoms with van der Waals surface area (Å²) in [5.41, 5.74) is -0.760. The van der Waals surface area contributed by atoms with E-state index >= 15 is 0 Å². The molecule has 0 spiro atoms. The number of aromatic nitrogens is 3. The molecule has 0 aliphatic carbocycles. The highest BCUT2D eigenvalue weighted by Gasteiger charge is 2.33. The normalized spacial score (nSPS) is 11.6. The molecule has 0 amide bonds. The zero-order valence-corrected chi connectivity index (χ0v) is 12.5. The van der Waals surface area contributed by atoms with Crippen LogP contribution in [0.5, 0.6) is 0 Å². The summed E-state index contributed by atoms with van der Waals surface area (Å²) in [5, 5.41) is 12.8. The maximum atomic E-state index is 12.8. The average Bonchev–Trinajstić information content (AvgIpc) is 2.39. The number of nitrogens with one attached hydrogen (secondary N) is 2. The van der Waals surface area contributed by atoms with E-state index in [1.54, 1.807) is 0 Å². The van der Waals surface area contributed by atoms with E-state index in [1.165, 1.54) is 12.3 Å². The number of alkyl halides is 3. The smallest absolute Gasteiger partial charge is 0.366 e. The molecular formula is C13H13ClF3N5. The largest absolute Gasteiger partial charge is 0.417 e. The second-order valence-corrected chi connectivity index (χ2v) is 5.19. The number of nitrogens with zero attached hydrogens (tertiary/aromatic N) is 3. The molecule has 0 fully saturated rings. The van der Waals surface area contributed by atoms with Gasteiger partial charge in [-0.25, -0.2) is 0 Å². The van der Waals surface area contributed by atoms with E-state index < -0.39 is 11.7 Å². The molecule has 2 rings (SSSR count). The van der Waals surface area contributed by atoms with Crippen LogP contribution in [0.15, 0.2) is 24.4 Å². The summed E-state index contributed by atoms with van der Waals surface area (Å²) in [6, 6.07) is 3.60. The molecule has 22 heavy (non-hydrogen) atoms. The van der Waals surface area contributed by atoms with E-state index in [4.69, 9.17) is 11.6 Å². The second kappa shape index (κ2) is 6.35. The Bertz CT molecular complexity index is 660. The Morgan fingerprint density at radius 2 is 1.95 bits per heavy atom. The van der Waals surface area contributed by atoms with Crippen molar-refractivity contribution in [3.05, 3.63) is 35.0 Å². The van der Waals surface area contributed by atoms with Gasteiger partial charge >= 0.3 is 6.18 Å². The van der Waals surface area contributed by atoms with Crippen molar-refractivity contribution in [2.75, 3.05) is 10.6 Å². The lowest BCUT2D eigenvalue weighted by atomic mass is 10.2. The molecule has 0 saturated heterocycles. The zero-order chi connectivity index (χ0) is 16.3. The Kier molecular flexibility index (Phi) is 4.70. The molecule has 0 bridgehead atoms. The Labute approximate surface area is 129 Å². The summed E-state index contributed by atoms with van der Waals surface area (Å²) in [5.74, 6) is 0.554. The number of benzene rings is 1. The summed E-state index contributed by atoms with van der Waals surface area (Å²) in [7, 11) is 0. The van der Waals surface area contributed by atoms with Crippen molar-refractivity contribution < 1.29 is 13.2 Å². The molecule has 118 valence electrons. The minimum atomic E-state index is -4.53. The monoisotopic (exact) mass is 331 g/mol. The van der Waals surface area contributed by atoms with Crippen LogP contribution in [0, 0.1) is 0 Å². The minimum absolute atomic E-state index is 0.0843. The SMILES string of the molecule is CC(C)Nc1cnnc(Nc2ccc(Cl)c(C(F)(F)F)c2)n1. The van der Waals surface area contributed by atoms with Crippen molar-refractivity contribution in [1.82, 2.24) is 15.2 Å². The van der Waals surface area contributed by atoms with Crippen LogP contribution in [0.25, 0.3) is 0 Å². The first-order valence-corrected chi connectivity index (χ1v) is 6.73. The molecule has 2 aromatic rings. The summed E-state index contributed by atoms with van der Waals surface area (Å²) < 4.78 is 38.4. The van der Waals surface area contributed by atoms with Gasteiger partial charge in [-0.2, -0.15) is 23.3 Å². The van der Waals surface area contributed by atoms with Gasteiger partial charge in [0.2, 0.25) is 5.95 Å². The van der Waals surface area contributed by atoms with Gasteiger partial charge in [0.1, 0.15) is 0 Å². The van der Waals surface area contributed by atoms with Crippen molar-refractivity contribution in [2.45, 2.75) is 26.1 Å². The third kappa shape index (κ3) is 4.20. The standard InChI is InChI=1S/C13H13ClF3N5/c1-7(2)19-11-6-18-22-12(21-11)20-8-3-4-10(14)9(5-8)13(15,16)17/h3-7H,1-2H3,(H2,19,20,21,22). The van der Waals surface area contributed by atoms with Crippen molar-refractivity contribution in [2.24, 2.45) is 0 Å². The summed E-state index contributed by atoms with van der Waals surface area (Å²) in [6.45, 7) is 3.84. The predicted molar refractivity (Wildman–Crippen MR) is 78.3 cm³/mol. The maximum Gasteiger partial charge on any atom is 0.417 e. The molecule has 1 aromatic heterocycles. The highest BCUT2D eigenvalue weighted by Crippen LogP contribution is 2.36. The molecule has 1 aromatic carbocycles. The van der Waals surface area contributed by atoms with E-state index in [9.17, 15) is 13.2 Å². The van der Waals surface area contributed by atoms with E-state index in [1.807, 2.05) is 13.8 Å². The molecule has 9 heteroatoms. The Morgan fingerprint density at radius 1 is 1.23 bits per heavy atom. The Balaban J connectivity index is 2.24. The van der Waals surface area contributed by atoms with E-state index in [2.05, 4.69) is 25.8 Å². The van der Waals surface area contributed by atoms with Gasteiger partial charge in [0.15, 0.2) is 5.82 Å². The topological polar surface area (TPSA) is 62.7 Å². The third-order valence-corrected chi connectivity index (χ3v) is 2.85. The van der Waals surface area contributed by atoms with Gasteiger partial charge in [0.05, 0.1) is 16.8 Å². The van der Waals surface area contributed by atoms with Crippen molar-refractivity contribution in [1.29, 1.82) is 0 Å². The number of hydrogen-bond acceptors (Lipinski definition) is 5. The van der Waals surface area contributed by atoms with Crippen LogP contribution in [0.4, 0.5) is 30.6 Å². The lowest BCUT2D eigenvalue weighted by Crippen LogP contribution is -2.12. The minimum Gasteiger partial charge on any atom is -0.366 e. The lowest BCUT2D eigenvalue weighted by Gasteiger charge is -2.12. The van der Waals surface area contributed by atoms with Crippen LogP contribution in [0.3, 0.4) is 0 Å². The van der Waals surface area contributed by atoms with Crippen LogP contribution in [0.1, 0.15) is 19.4 Å². The fourth-order valence-corrected chi connectivity index (χ4v) is 1.90. The van der Waals surface area contributed by atoms with Crippen LogP contribution in [-0.4, -0.2) is 21.2 Å². The summed E-state index contributed by atoms with van der Waals surface area (Å²) >= 11 is 5.56. The number of hydrogen-bond donors (Lipinski definition) is 2. The van der Waals surface area contributed by atoms with Gasteiger partial charge in [0, 0.05) is 11.7 Å². The third-order valence-electron chi connectivity index (χ3n) is 2.52. The van der Waals surface area contributed by atoms with E-state index in [0.29, 0.717) is 5.82 Å². The molecule has 0 saturated carbocycles. The van der Waals surface area contributed by atoms with Gasteiger partial charge in [-0.3, -0.25) is 0 Å². The molecule has 0 radical (unpaired) electrons. The number of halogens is 4.